The normalized spacial score (nSPS) is 34.3. The third kappa shape index (κ3) is 3.85. The van der Waals surface area contributed by atoms with E-state index in [2.05, 4.69) is 47.5 Å². The van der Waals surface area contributed by atoms with Crippen molar-refractivity contribution in [3.63, 3.8) is 0 Å². The van der Waals surface area contributed by atoms with Crippen molar-refractivity contribution in [3.8, 4) is 0 Å². The molecule has 0 aliphatic carbocycles. The number of nitrogens with zero attached hydrogens (tertiary/aromatic N) is 3. The zero-order valence-electron chi connectivity index (χ0n) is 12.8. The number of thioether (sulfide) groups is 1. The summed E-state index contributed by atoms with van der Waals surface area (Å²) in [7, 11) is 4.30. The van der Waals surface area contributed by atoms with Gasteiger partial charge in [-0.05, 0) is 20.5 Å². The van der Waals surface area contributed by atoms with Gasteiger partial charge in [0.15, 0.2) is 0 Å². The molecule has 0 aromatic carbocycles. The first-order valence-electron chi connectivity index (χ1n) is 7.49. The van der Waals surface area contributed by atoms with Crippen molar-refractivity contribution in [2.45, 2.75) is 24.1 Å². The minimum Gasteiger partial charge on any atom is -0.329 e. The highest BCUT2D eigenvalue weighted by atomic mass is 32.2. The summed E-state index contributed by atoms with van der Waals surface area (Å²) < 4.78 is 0. The topological polar surface area (TPSA) is 35.7 Å². The number of hydrogen-bond donors (Lipinski definition) is 1. The molecule has 2 aliphatic heterocycles. The van der Waals surface area contributed by atoms with Crippen molar-refractivity contribution in [2.24, 2.45) is 5.73 Å². The summed E-state index contributed by atoms with van der Waals surface area (Å²) in [4.78, 5) is 7.53. The van der Waals surface area contributed by atoms with Crippen LogP contribution in [0.5, 0.6) is 0 Å². The molecule has 0 spiro atoms. The van der Waals surface area contributed by atoms with E-state index in [4.69, 9.17) is 5.73 Å². The second-order valence-corrected chi connectivity index (χ2v) is 7.81. The van der Waals surface area contributed by atoms with E-state index in [0.29, 0.717) is 0 Å². The van der Waals surface area contributed by atoms with Crippen molar-refractivity contribution in [3.05, 3.63) is 0 Å². The standard InChI is InChI=1S/C14H30N4S/c1-13-10-14(11-15,12-19-13)18-8-6-17(7-9-18)5-4-16(2)3/h13H,4-12,15H2,1-3H3. The molecule has 2 unspecified atom stereocenters. The molecule has 0 bridgehead atoms. The third-order valence-electron chi connectivity index (χ3n) is 4.59. The Morgan fingerprint density at radius 1 is 1.26 bits per heavy atom. The lowest BCUT2D eigenvalue weighted by molar-refractivity contribution is 0.0463. The van der Waals surface area contributed by atoms with Gasteiger partial charge < -0.3 is 10.6 Å². The van der Waals surface area contributed by atoms with Crippen LogP contribution >= 0.6 is 11.8 Å². The Labute approximate surface area is 122 Å². The molecule has 0 aromatic heterocycles. The molecule has 0 saturated carbocycles. The number of likely N-dealkylation sites (N-methyl/N-ethyl adjacent to an activating group) is 1. The minimum absolute atomic E-state index is 0.289. The Balaban J connectivity index is 1.82. The first-order valence-corrected chi connectivity index (χ1v) is 8.54. The molecule has 19 heavy (non-hydrogen) atoms. The molecular weight excluding hydrogens is 256 g/mol. The van der Waals surface area contributed by atoms with E-state index < -0.39 is 0 Å². The Morgan fingerprint density at radius 3 is 2.42 bits per heavy atom. The van der Waals surface area contributed by atoms with Gasteiger partial charge in [0.2, 0.25) is 0 Å². The maximum absolute atomic E-state index is 6.12. The smallest absolute Gasteiger partial charge is 0.0433 e. The first kappa shape index (κ1) is 15.6. The third-order valence-corrected chi connectivity index (χ3v) is 6.03. The zero-order valence-corrected chi connectivity index (χ0v) is 13.6. The Bertz CT molecular complexity index is 279. The molecule has 0 aromatic rings. The molecule has 0 amide bonds. The van der Waals surface area contributed by atoms with Gasteiger partial charge in [-0.15, -0.1) is 0 Å². The van der Waals surface area contributed by atoms with Crippen LogP contribution in [0, 0.1) is 0 Å². The molecule has 2 atom stereocenters. The lowest BCUT2D eigenvalue weighted by atomic mass is 9.93. The molecule has 5 heteroatoms. The van der Waals surface area contributed by atoms with E-state index in [1.54, 1.807) is 0 Å². The molecule has 2 saturated heterocycles. The molecule has 2 rings (SSSR count). The molecule has 2 heterocycles. The number of rotatable bonds is 5. The van der Waals surface area contributed by atoms with Crippen LogP contribution in [0.25, 0.3) is 0 Å². The lowest BCUT2D eigenvalue weighted by Crippen LogP contribution is -2.60. The molecule has 2 aliphatic rings. The van der Waals surface area contributed by atoms with Crippen molar-refractivity contribution in [2.75, 3.05) is 65.7 Å². The summed E-state index contributed by atoms with van der Waals surface area (Å²) in [6, 6.07) is 0. The molecular formula is C14H30N4S. The fourth-order valence-corrected chi connectivity index (χ4v) is 4.67. The summed E-state index contributed by atoms with van der Waals surface area (Å²) in [6.07, 6.45) is 1.27. The summed E-state index contributed by atoms with van der Waals surface area (Å²) >= 11 is 2.10. The maximum Gasteiger partial charge on any atom is 0.0433 e. The summed E-state index contributed by atoms with van der Waals surface area (Å²) in [5, 5.41) is 0.773. The molecule has 2 N–H and O–H groups in total. The predicted molar refractivity (Wildman–Crippen MR) is 84.9 cm³/mol. The van der Waals surface area contributed by atoms with Gasteiger partial charge in [0, 0.05) is 62.4 Å². The van der Waals surface area contributed by atoms with Gasteiger partial charge >= 0.3 is 0 Å². The first-order chi connectivity index (χ1) is 9.05. The number of hydrogen-bond acceptors (Lipinski definition) is 5. The van der Waals surface area contributed by atoms with Crippen LogP contribution < -0.4 is 5.73 Å². The monoisotopic (exact) mass is 286 g/mol. The lowest BCUT2D eigenvalue weighted by Gasteiger charge is -2.45. The highest BCUT2D eigenvalue weighted by Crippen LogP contribution is 2.38. The number of piperazine rings is 1. The Morgan fingerprint density at radius 2 is 1.95 bits per heavy atom. The Kier molecular flexibility index (Phi) is 5.55. The summed E-state index contributed by atoms with van der Waals surface area (Å²) in [6.45, 7) is 10.3. The minimum atomic E-state index is 0.289. The average Bonchev–Trinajstić information content (AvgIpc) is 2.80. The second-order valence-electron chi connectivity index (χ2n) is 6.39. The largest absolute Gasteiger partial charge is 0.329 e. The van der Waals surface area contributed by atoms with Gasteiger partial charge in [0.25, 0.3) is 0 Å². The Hall–Kier alpha value is 0.190. The van der Waals surface area contributed by atoms with E-state index in [-0.39, 0.29) is 5.54 Å². The van der Waals surface area contributed by atoms with Crippen LogP contribution in [0.4, 0.5) is 0 Å². The van der Waals surface area contributed by atoms with E-state index in [1.807, 2.05) is 0 Å². The predicted octanol–water partition coefficient (Wildman–Crippen LogP) is 0.389. The van der Waals surface area contributed by atoms with Crippen LogP contribution in [0.2, 0.25) is 0 Å². The fourth-order valence-electron chi connectivity index (χ4n) is 3.23. The van der Waals surface area contributed by atoms with E-state index in [9.17, 15) is 0 Å². The fraction of sp³-hybridized carbons (Fsp3) is 1.00. The van der Waals surface area contributed by atoms with Gasteiger partial charge in [0.05, 0.1) is 0 Å². The van der Waals surface area contributed by atoms with E-state index >= 15 is 0 Å². The van der Waals surface area contributed by atoms with Gasteiger partial charge in [-0.25, -0.2) is 0 Å². The molecule has 112 valence electrons. The molecule has 2 fully saturated rings. The van der Waals surface area contributed by atoms with Crippen LogP contribution in [-0.4, -0.2) is 91.2 Å². The van der Waals surface area contributed by atoms with Crippen LogP contribution in [0.1, 0.15) is 13.3 Å². The summed E-state index contributed by atoms with van der Waals surface area (Å²) in [5.41, 5.74) is 6.41. The van der Waals surface area contributed by atoms with Gasteiger partial charge in [-0.1, -0.05) is 6.92 Å². The molecule has 4 nitrogen and oxygen atoms in total. The van der Waals surface area contributed by atoms with Gasteiger partial charge in [-0.3, -0.25) is 9.80 Å². The highest BCUT2D eigenvalue weighted by molar-refractivity contribution is 8.00. The average molecular weight is 286 g/mol. The van der Waals surface area contributed by atoms with Crippen molar-refractivity contribution in [1.82, 2.24) is 14.7 Å². The number of nitrogens with two attached hydrogens (primary N) is 1. The SMILES string of the molecule is CC1CC(CN)(N2CCN(CCN(C)C)CC2)CS1. The van der Waals surface area contributed by atoms with Gasteiger partial charge in [0.1, 0.15) is 0 Å². The van der Waals surface area contributed by atoms with Crippen LogP contribution in [-0.2, 0) is 0 Å². The highest BCUT2D eigenvalue weighted by Gasteiger charge is 2.42. The molecule has 0 radical (unpaired) electrons. The van der Waals surface area contributed by atoms with Crippen LogP contribution in [0.3, 0.4) is 0 Å². The quantitative estimate of drug-likeness (QED) is 0.791. The maximum atomic E-state index is 6.12. The van der Waals surface area contributed by atoms with Crippen LogP contribution in [0.15, 0.2) is 0 Å². The van der Waals surface area contributed by atoms with Crippen molar-refractivity contribution < 1.29 is 0 Å². The van der Waals surface area contributed by atoms with E-state index in [1.165, 1.54) is 44.9 Å². The summed E-state index contributed by atoms with van der Waals surface area (Å²) in [5.74, 6) is 1.22. The van der Waals surface area contributed by atoms with E-state index in [0.717, 1.165) is 18.3 Å². The van der Waals surface area contributed by atoms with Crippen molar-refractivity contribution >= 4 is 11.8 Å². The van der Waals surface area contributed by atoms with Crippen molar-refractivity contribution in [1.29, 1.82) is 0 Å². The zero-order chi connectivity index (χ0) is 13.9. The van der Waals surface area contributed by atoms with Gasteiger partial charge in [-0.2, -0.15) is 11.8 Å². The second kappa shape index (κ2) is 6.76.